The van der Waals surface area contributed by atoms with Crippen molar-refractivity contribution in [2.24, 2.45) is 0 Å². The van der Waals surface area contributed by atoms with Gasteiger partial charge in [-0.3, -0.25) is 9.48 Å². The molecule has 2 aromatic carbocycles. The lowest BCUT2D eigenvalue weighted by molar-refractivity contribution is 0.0781. The monoisotopic (exact) mass is 552 g/mol. The van der Waals surface area contributed by atoms with Crippen molar-refractivity contribution in [2.45, 2.75) is 33.0 Å². The van der Waals surface area contributed by atoms with Crippen LogP contribution in [-0.4, -0.2) is 76.1 Å². The molecule has 11 heteroatoms. The quantitative estimate of drug-likeness (QED) is 0.289. The van der Waals surface area contributed by atoms with E-state index in [-0.39, 0.29) is 18.2 Å². The van der Waals surface area contributed by atoms with Crippen LogP contribution in [-0.2, 0) is 13.1 Å². The number of halogens is 1. The van der Waals surface area contributed by atoms with Gasteiger partial charge in [0.05, 0.1) is 18.8 Å². The van der Waals surface area contributed by atoms with Gasteiger partial charge in [0.15, 0.2) is 17.3 Å². The predicted molar refractivity (Wildman–Crippen MR) is 150 cm³/mol. The Hall–Kier alpha value is -3.73. The molecule has 4 rings (SSSR count). The zero-order valence-corrected chi connectivity index (χ0v) is 23.5. The maximum absolute atomic E-state index is 13.7. The maximum atomic E-state index is 13.7. The molecule has 0 aliphatic heterocycles. The first kappa shape index (κ1) is 28.3. The largest absolute Gasteiger partial charge is 0.493 e. The van der Waals surface area contributed by atoms with Gasteiger partial charge in [-0.15, -0.1) is 0 Å². The van der Waals surface area contributed by atoms with Crippen molar-refractivity contribution in [1.29, 1.82) is 0 Å². The van der Waals surface area contributed by atoms with Crippen LogP contribution in [0.25, 0.3) is 22.3 Å². The smallest absolute Gasteiger partial charge is 0.273 e. The van der Waals surface area contributed by atoms with Crippen molar-refractivity contribution >= 4 is 28.4 Å². The first-order valence-electron chi connectivity index (χ1n) is 12.6. The molecule has 0 bridgehead atoms. The van der Waals surface area contributed by atoms with Crippen molar-refractivity contribution < 1.29 is 19.4 Å². The fraction of sp³-hybridized carbons (Fsp3) is 0.357. The predicted octanol–water partition coefficient (Wildman–Crippen LogP) is 3.71. The number of nitrogens with one attached hydrogen (secondary N) is 1. The van der Waals surface area contributed by atoms with Crippen LogP contribution in [0.1, 0.15) is 28.7 Å². The summed E-state index contributed by atoms with van der Waals surface area (Å²) in [5.74, 6) is 1.02. The number of ether oxygens (including phenoxy) is 2. The number of fused-ring (bicyclic) bond motifs is 1. The fourth-order valence-electron chi connectivity index (χ4n) is 4.27. The highest BCUT2D eigenvalue weighted by Crippen LogP contribution is 2.33. The summed E-state index contributed by atoms with van der Waals surface area (Å²) in [6.45, 7) is 5.66. The lowest BCUT2D eigenvalue weighted by Crippen LogP contribution is -2.29. The molecule has 0 spiro atoms. The molecule has 2 heterocycles. The molecular weight excluding hydrogens is 520 g/mol. The summed E-state index contributed by atoms with van der Waals surface area (Å²) in [7, 11) is 5.03. The first-order chi connectivity index (χ1) is 18.7. The Bertz CT molecular complexity index is 1470. The van der Waals surface area contributed by atoms with E-state index in [1.807, 2.05) is 18.5 Å². The van der Waals surface area contributed by atoms with Gasteiger partial charge < -0.3 is 24.8 Å². The number of benzene rings is 2. The van der Waals surface area contributed by atoms with Crippen molar-refractivity contribution in [3.63, 3.8) is 0 Å². The van der Waals surface area contributed by atoms with E-state index in [0.29, 0.717) is 51.9 Å². The van der Waals surface area contributed by atoms with Crippen molar-refractivity contribution in [3.8, 4) is 22.9 Å². The summed E-state index contributed by atoms with van der Waals surface area (Å²) in [6, 6.07) is 10.5. The highest BCUT2D eigenvalue weighted by atomic mass is 35.5. The number of aliphatic hydroxyl groups is 1. The van der Waals surface area contributed by atoms with E-state index in [1.165, 1.54) is 7.11 Å². The van der Waals surface area contributed by atoms with Gasteiger partial charge in [-0.05, 0) is 57.3 Å². The summed E-state index contributed by atoms with van der Waals surface area (Å²) in [4.78, 5) is 24.7. The number of aliphatic hydroxyl groups excluding tert-OH is 1. The Morgan fingerprint density at radius 1 is 1.21 bits per heavy atom. The highest BCUT2D eigenvalue weighted by molar-refractivity contribution is 6.31. The molecule has 2 aromatic heterocycles. The van der Waals surface area contributed by atoms with Crippen LogP contribution in [0.15, 0.2) is 42.6 Å². The summed E-state index contributed by atoms with van der Waals surface area (Å²) in [5, 5.41) is 18.3. The molecule has 0 fully saturated rings. The van der Waals surface area contributed by atoms with E-state index in [9.17, 15) is 9.90 Å². The molecule has 1 atom stereocenters. The number of methoxy groups -OCH3 is 1. The lowest BCUT2D eigenvalue weighted by atomic mass is 10.1. The van der Waals surface area contributed by atoms with Gasteiger partial charge >= 0.3 is 0 Å². The van der Waals surface area contributed by atoms with Crippen LogP contribution >= 0.6 is 11.6 Å². The molecule has 10 nitrogen and oxygen atoms in total. The number of hydrogen-bond donors (Lipinski definition) is 2. The minimum Gasteiger partial charge on any atom is -0.493 e. The Morgan fingerprint density at radius 2 is 2.00 bits per heavy atom. The molecule has 0 radical (unpaired) electrons. The van der Waals surface area contributed by atoms with Gasteiger partial charge in [0, 0.05) is 53.9 Å². The van der Waals surface area contributed by atoms with Crippen LogP contribution in [0.5, 0.6) is 11.5 Å². The summed E-state index contributed by atoms with van der Waals surface area (Å²) in [5.41, 5.74) is 3.45. The Morgan fingerprint density at radius 3 is 2.69 bits per heavy atom. The Balaban J connectivity index is 1.69. The van der Waals surface area contributed by atoms with E-state index in [4.69, 9.17) is 31.0 Å². The number of aryl methyl sites for hydroxylation is 1. The van der Waals surface area contributed by atoms with Gasteiger partial charge in [0.1, 0.15) is 18.4 Å². The number of rotatable bonds is 11. The van der Waals surface area contributed by atoms with E-state index in [1.54, 1.807) is 61.6 Å². The number of hydrogen-bond acceptors (Lipinski definition) is 8. The molecule has 2 N–H and O–H groups in total. The van der Waals surface area contributed by atoms with E-state index < -0.39 is 6.10 Å². The average Bonchev–Trinajstić information content (AvgIpc) is 3.29. The van der Waals surface area contributed by atoms with Crippen LogP contribution in [0, 0.1) is 6.92 Å². The van der Waals surface area contributed by atoms with Crippen LogP contribution in [0.2, 0.25) is 5.02 Å². The summed E-state index contributed by atoms with van der Waals surface area (Å²) >= 11 is 6.29. The molecule has 1 unspecified atom stereocenters. The highest BCUT2D eigenvalue weighted by Gasteiger charge is 2.22. The zero-order chi connectivity index (χ0) is 28.1. The second-order valence-corrected chi connectivity index (χ2v) is 9.61. The fourth-order valence-corrected chi connectivity index (χ4v) is 4.44. The topological polar surface area (TPSA) is 115 Å². The van der Waals surface area contributed by atoms with Crippen LogP contribution in [0.3, 0.4) is 0 Å². The molecule has 4 aromatic rings. The second-order valence-electron chi connectivity index (χ2n) is 9.18. The molecular formula is C28H33ClN6O4. The minimum atomic E-state index is -0.666. The Labute approximate surface area is 232 Å². The number of amides is 1. The van der Waals surface area contributed by atoms with E-state index >= 15 is 0 Å². The van der Waals surface area contributed by atoms with Gasteiger partial charge in [0.2, 0.25) is 0 Å². The van der Waals surface area contributed by atoms with Gasteiger partial charge in [-0.2, -0.15) is 5.10 Å². The summed E-state index contributed by atoms with van der Waals surface area (Å²) in [6.07, 6.45) is 1.12. The summed E-state index contributed by atoms with van der Waals surface area (Å²) < 4.78 is 13.2. The molecule has 1 amide bonds. The normalized spacial score (nSPS) is 12.0. The third kappa shape index (κ3) is 6.30. The first-order valence-corrected chi connectivity index (χ1v) is 13.0. The zero-order valence-electron chi connectivity index (χ0n) is 22.7. The molecule has 0 saturated carbocycles. The second kappa shape index (κ2) is 12.4. The average molecular weight is 553 g/mol. The van der Waals surface area contributed by atoms with Crippen molar-refractivity contribution in [3.05, 3.63) is 64.6 Å². The minimum absolute atomic E-state index is 0.103. The molecule has 0 saturated heterocycles. The molecule has 0 aliphatic rings. The number of carbonyl (C=O) groups is 1. The molecule has 0 aliphatic carbocycles. The third-order valence-electron chi connectivity index (χ3n) is 6.41. The van der Waals surface area contributed by atoms with Crippen molar-refractivity contribution in [1.82, 2.24) is 30.0 Å². The Kier molecular flexibility index (Phi) is 9.01. The van der Waals surface area contributed by atoms with Crippen molar-refractivity contribution in [2.75, 3.05) is 34.4 Å². The van der Waals surface area contributed by atoms with E-state index in [2.05, 4.69) is 10.4 Å². The number of nitrogens with zero attached hydrogens (tertiary/aromatic N) is 5. The number of likely N-dealkylation sites (N-methyl/N-ethyl adjacent to an activating group) is 1. The standard InChI is InChI=1S/C28H33ClN6O4/c1-6-35-17(2)19(13-31-35)15-34(4)28(37)26-22-12-20(29)8-9-23(22)32-27(33-26)18-7-10-24(25(11-18)38-5)39-16-21(36)14-30-3/h7-13,21,30,36H,6,14-16H2,1-5H3. The van der Waals surface area contributed by atoms with Crippen LogP contribution in [0.4, 0.5) is 0 Å². The van der Waals surface area contributed by atoms with E-state index in [0.717, 1.165) is 17.8 Å². The molecule has 206 valence electrons. The molecule has 39 heavy (non-hydrogen) atoms. The van der Waals surface area contributed by atoms with Crippen LogP contribution < -0.4 is 14.8 Å². The van der Waals surface area contributed by atoms with Gasteiger partial charge in [-0.25, -0.2) is 9.97 Å². The van der Waals surface area contributed by atoms with Gasteiger partial charge in [0.25, 0.3) is 5.91 Å². The number of aromatic nitrogens is 4. The third-order valence-corrected chi connectivity index (χ3v) is 6.65. The lowest BCUT2D eigenvalue weighted by Gasteiger charge is -2.18. The maximum Gasteiger partial charge on any atom is 0.273 e. The van der Waals surface area contributed by atoms with Gasteiger partial charge in [-0.1, -0.05) is 11.6 Å². The SMILES string of the molecule is CCn1ncc(CN(C)C(=O)c2nc(-c3ccc(OCC(O)CNC)c(OC)c3)nc3ccc(Cl)cc23)c1C. The number of carbonyl (C=O) groups excluding carboxylic acids is 1.